The van der Waals surface area contributed by atoms with Crippen LogP contribution in [0.15, 0.2) is 12.1 Å². The van der Waals surface area contributed by atoms with Crippen LogP contribution >= 0.6 is 0 Å². The number of rotatable bonds is 1. The molecule has 0 aliphatic heterocycles. The van der Waals surface area contributed by atoms with Crippen molar-refractivity contribution < 1.29 is 19.7 Å². The molecule has 0 aliphatic rings. The monoisotopic (exact) mass is 224 g/mol. The first-order chi connectivity index (χ1) is 7.20. The van der Waals surface area contributed by atoms with E-state index in [4.69, 9.17) is 4.74 Å². The molecule has 0 amide bonds. The molecule has 0 aliphatic carbocycles. The minimum atomic E-state index is -0.604. The summed E-state index contributed by atoms with van der Waals surface area (Å²) in [7, 11) is 0. The zero-order valence-corrected chi connectivity index (χ0v) is 9.87. The minimum absolute atomic E-state index is 0.124. The Bertz CT molecular complexity index is 393. The minimum Gasteiger partial charge on any atom is -0.508 e. The number of carbonyl (C=O) groups is 1. The Morgan fingerprint density at radius 3 is 2.00 bits per heavy atom. The van der Waals surface area contributed by atoms with Crippen molar-refractivity contribution in [2.24, 2.45) is 0 Å². The van der Waals surface area contributed by atoms with Gasteiger partial charge in [-0.3, -0.25) is 0 Å². The highest BCUT2D eigenvalue weighted by molar-refractivity contribution is 5.91. The molecule has 0 radical (unpaired) electrons. The van der Waals surface area contributed by atoms with Crippen LogP contribution in [0, 0.1) is 6.92 Å². The summed E-state index contributed by atoms with van der Waals surface area (Å²) in [5.41, 5.74) is -0.129. The molecular weight excluding hydrogens is 208 g/mol. The number of phenols is 2. The maximum atomic E-state index is 11.6. The summed E-state index contributed by atoms with van der Waals surface area (Å²) >= 11 is 0. The van der Waals surface area contributed by atoms with E-state index in [0.29, 0.717) is 5.56 Å². The third kappa shape index (κ3) is 2.89. The lowest BCUT2D eigenvalue weighted by Gasteiger charge is -2.19. The third-order valence-corrected chi connectivity index (χ3v) is 1.99. The van der Waals surface area contributed by atoms with Gasteiger partial charge in [-0.15, -0.1) is 0 Å². The highest BCUT2D eigenvalue weighted by atomic mass is 16.6. The van der Waals surface area contributed by atoms with Crippen molar-refractivity contribution in [1.29, 1.82) is 0 Å². The largest absolute Gasteiger partial charge is 0.508 e. The van der Waals surface area contributed by atoms with Crippen LogP contribution in [0.2, 0.25) is 0 Å². The topological polar surface area (TPSA) is 66.8 Å². The van der Waals surface area contributed by atoms with Gasteiger partial charge in [-0.25, -0.2) is 4.79 Å². The lowest BCUT2D eigenvalue weighted by molar-refractivity contribution is 0.00687. The van der Waals surface area contributed by atoms with Crippen LogP contribution < -0.4 is 0 Å². The van der Waals surface area contributed by atoms with Gasteiger partial charge < -0.3 is 14.9 Å². The van der Waals surface area contributed by atoms with Crippen LogP contribution in [0.1, 0.15) is 36.7 Å². The van der Waals surface area contributed by atoms with Gasteiger partial charge in [0.15, 0.2) is 0 Å². The van der Waals surface area contributed by atoms with E-state index in [1.807, 2.05) is 0 Å². The summed E-state index contributed by atoms with van der Waals surface area (Å²) in [5, 5.41) is 18.9. The molecule has 0 unspecified atom stereocenters. The van der Waals surface area contributed by atoms with E-state index in [-0.39, 0.29) is 17.1 Å². The van der Waals surface area contributed by atoms with Crippen LogP contribution in [0.3, 0.4) is 0 Å². The Morgan fingerprint density at radius 2 is 1.62 bits per heavy atom. The van der Waals surface area contributed by atoms with Crippen molar-refractivity contribution in [3.63, 3.8) is 0 Å². The number of hydrogen-bond acceptors (Lipinski definition) is 4. The standard InChI is InChI=1S/C12H16O4/c1-7-9(13)5-8(6-10(7)14)11(15)16-12(2,3)4/h5-6,13-14H,1-4H3. The fourth-order valence-corrected chi connectivity index (χ4v) is 1.14. The molecule has 1 aromatic rings. The van der Waals surface area contributed by atoms with E-state index in [0.717, 1.165) is 0 Å². The van der Waals surface area contributed by atoms with Crippen molar-refractivity contribution in [3.8, 4) is 11.5 Å². The molecule has 16 heavy (non-hydrogen) atoms. The van der Waals surface area contributed by atoms with Crippen LogP contribution in [0.5, 0.6) is 11.5 Å². The second-order valence-electron chi connectivity index (χ2n) is 4.64. The number of hydrogen-bond donors (Lipinski definition) is 2. The van der Waals surface area contributed by atoms with Crippen LogP contribution in [-0.4, -0.2) is 21.8 Å². The lowest BCUT2D eigenvalue weighted by atomic mass is 10.1. The fourth-order valence-electron chi connectivity index (χ4n) is 1.14. The Balaban J connectivity index is 3.02. The Hall–Kier alpha value is -1.71. The molecule has 0 spiro atoms. The quantitative estimate of drug-likeness (QED) is 0.718. The smallest absolute Gasteiger partial charge is 0.338 e. The summed E-state index contributed by atoms with van der Waals surface area (Å²) in [6.07, 6.45) is 0. The van der Waals surface area contributed by atoms with Gasteiger partial charge >= 0.3 is 5.97 Å². The van der Waals surface area contributed by atoms with Crippen molar-refractivity contribution >= 4 is 5.97 Å². The maximum absolute atomic E-state index is 11.6. The summed E-state index contributed by atoms with van der Waals surface area (Å²) in [6, 6.07) is 2.56. The van der Waals surface area contributed by atoms with Crippen molar-refractivity contribution in [1.82, 2.24) is 0 Å². The predicted molar refractivity (Wildman–Crippen MR) is 59.7 cm³/mol. The molecule has 0 atom stereocenters. The first-order valence-corrected chi connectivity index (χ1v) is 4.96. The van der Waals surface area contributed by atoms with Gasteiger partial charge in [0.05, 0.1) is 5.56 Å². The van der Waals surface area contributed by atoms with E-state index in [9.17, 15) is 15.0 Å². The van der Waals surface area contributed by atoms with E-state index >= 15 is 0 Å². The van der Waals surface area contributed by atoms with Crippen LogP contribution in [-0.2, 0) is 4.74 Å². The normalized spacial score (nSPS) is 11.2. The van der Waals surface area contributed by atoms with Gasteiger partial charge in [0.25, 0.3) is 0 Å². The summed E-state index contributed by atoms with van der Waals surface area (Å²) in [6.45, 7) is 6.81. The number of aromatic hydroxyl groups is 2. The van der Waals surface area contributed by atoms with Crippen molar-refractivity contribution in [3.05, 3.63) is 23.3 Å². The third-order valence-electron chi connectivity index (χ3n) is 1.99. The van der Waals surface area contributed by atoms with Crippen LogP contribution in [0.25, 0.3) is 0 Å². The number of phenolic OH excluding ortho intramolecular Hbond substituents is 2. The van der Waals surface area contributed by atoms with Crippen molar-refractivity contribution in [2.45, 2.75) is 33.3 Å². The average molecular weight is 224 g/mol. The summed E-state index contributed by atoms with van der Waals surface area (Å²) in [5.74, 6) is -0.820. The molecule has 0 bridgehead atoms. The number of ether oxygens (including phenoxy) is 1. The molecule has 0 aromatic heterocycles. The van der Waals surface area contributed by atoms with Gasteiger partial charge in [-0.2, -0.15) is 0 Å². The molecule has 0 saturated heterocycles. The second kappa shape index (κ2) is 4.04. The van der Waals surface area contributed by atoms with E-state index in [1.54, 1.807) is 27.7 Å². The molecule has 4 nitrogen and oxygen atoms in total. The first kappa shape index (κ1) is 12.4. The molecule has 0 heterocycles. The predicted octanol–water partition coefficient (Wildman–Crippen LogP) is 2.36. The Kier molecular flexibility index (Phi) is 3.12. The fraction of sp³-hybridized carbons (Fsp3) is 0.417. The van der Waals surface area contributed by atoms with Crippen molar-refractivity contribution in [2.75, 3.05) is 0 Å². The molecule has 0 fully saturated rings. The van der Waals surface area contributed by atoms with Gasteiger partial charge in [-0.1, -0.05) is 0 Å². The molecule has 0 saturated carbocycles. The molecular formula is C12H16O4. The zero-order chi connectivity index (χ0) is 12.5. The molecule has 88 valence electrons. The van der Waals surface area contributed by atoms with Gasteiger partial charge in [0.1, 0.15) is 17.1 Å². The molecule has 2 N–H and O–H groups in total. The van der Waals surface area contributed by atoms with E-state index in [2.05, 4.69) is 0 Å². The van der Waals surface area contributed by atoms with E-state index in [1.165, 1.54) is 12.1 Å². The van der Waals surface area contributed by atoms with Crippen LogP contribution in [0.4, 0.5) is 0 Å². The first-order valence-electron chi connectivity index (χ1n) is 4.96. The number of benzene rings is 1. The van der Waals surface area contributed by atoms with Gasteiger partial charge in [0.2, 0.25) is 0 Å². The van der Waals surface area contributed by atoms with Gasteiger partial charge in [0, 0.05) is 5.56 Å². The highest BCUT2D eigenvalue weighted by Crippen LogP contribution is 2.28. The molecule has 1 aromatic carbocycles. The SMILES string of the molecule is Cc1c(O)cc(C(=O)OC(C)(C)C)cc1O. The molecule has 1 rings (SSSR count). The summed E-state index contributed by atoms with van der Waals surface area (Å²) < 4.78 is 5.11. The molecule has 4 heteroatoms. The van der Waals surface area contributed by atoms with E-state index < -0.39 is 11.6 Å². The number of carbonyl (C=O) groups excluding carboxylic acids is 1. The maximum Gasteiger partial charge on any atom is 0.338 e. The zero-order valence-electron chi connectivity index (χ0n) is 9.87. The highest BCUT2D eigenvalue weighted by Gasteiger charge is 2.19. The average Bonchev–Trinajstić information content (AvgIpc) is 2.10. The Labute approximate surface area is 94.5 Å². The number of esters is 1. The summed E-state index contributed by atoms with van der Waals surface area (Å²) in [4.78, 5) is 11.6. The second-order valence-corrected chi connectivity index (χ2v) is 4.64. The van der Waals surface area contributed by atoms with Gasteiger partial charge in [-0.05, 0) is 39.8 Å². The lowest BCUT2D eigenvalue weighted by Crippen LogP contribution is -2.23. The Morgan fingerprint density at radius 1 is 1.19 bits per heavy atom.